The van der Waals surface area contributed by atoms with E-state index in [0.29, 0.717) is 6.04 Å². The van der Waals surface area contributed by atoms with Gasteiger partial charge in [-0.15, -0.1) is 0 Å². The summed E-state index contributed by atoms with van der Waals surface area (Å²) in [4.78, 5) is 18.6. The SMILES string of the molecule is CC(C(=O)NC1CC1)N1CCC(C(O)c2nccn2C)CC1. The van der Waals surface area contributed by atoms with Crippen molar-refractivity contribution in [2.75, 3.05) is 13.1 Å². The van der Waals surface area contributed by atoms with Gasteiger partial charge in [-0.25, -0.2) is 4.98 Å². The second-order valence-electron chi connectivity index (χ2n) is 6.67. The van der Waals surface area contributed by atoms with E-state index in [9.17, 15) is 9.90 Å². The molecule has 0 bridgehead atoms. The van der Waals surface area contributed by atoms with Gasteiger partial charge in [0.05, 0.1) is 6.04 Å². The van der Waals surface area contributed by atoms with Crippen LogP contribution in [0.2, 0.25) is 0 Å². The average Bonchev–Trinajstić information content (AvgIpc) is 3.24. The number of amides is 1. The standard InChI is InChI=1S/C16H26N4O2/c1-11(16(22)18-13-3-4-13)20-8-5-12(6-9-20)14(21)15-17-7-10-19(15)2/h7,10-14,21H,3-6,8-9H2,1-2H3,(H,18,22). The van der Waals surface area contributed by atoms with Crippen LogP contribution < -0.4 is 5.32 Å². The lowest BCUT2D eigenvalue weighted by Crippen LogP contribution is -2.49. The summed E-state index contributed by atoms with van der Waals surface area (Å²) in [6.07, 6.45) is 7.10. The molecule has 6 nitrogen and oxygen atoms in total. The molecular weight excluding hydrogens is 280 g/mol. The van der Waals surface area contributed by atoms with Gasteiger partial charge >= 0.3 is 0 Å². The number of rotatable bonds is 5. The van der Waals surface area contributed by atoms with Crippen LogP contribution in [0.5, 0.6) is 0 Å². The molecule has 1 aliphatic heterocycles. The summed E-state index contributed by atoms with van der Waals surface area (Å²) in [6, 6.07) is 0.338. The lowest BCUT2D eigenvalue weighted by atomic mass is 9.90. The Kier molecular flexibility index (Phi) is 4.49. The molecule has 2 aliphatic rings. The van der Waals surface area contributed by atoms with Crippen LogP contribution in [0.1, 0.15) is 44.5 Å². The zero-order valence-electron chi connectivity index (χ0n) is 13.4. The van der Waals surface area contributed by atoms with E-state index in [1.807, 2.05) is 24.7 Å². The third-order valence-corrected chi connectivity index (χ3v) is 4.99. The van der Waals surface area contributed by atoms with E-state index in [2.05, 4.69) is 15.2 Å². The van der Waals surface area contributed by atoms with Crippen LogP contribution in [-0.4, -0.2) is 50.6 Å². The molecule has 0 spiro atoms. The highest BCUT2D eigenvalue weighted by molar-refractivity contribution is 5.81. The number of likely N-dealkylation sites (tertiary alicyclic amines) is 1. The predicted octanol–water partition coefficient (Wildman–Crippen LogP) is 0.833. The maximum absolute atomic E-state index is 12.1. The fraction of sp³-hybridized carbons (Fsp3) is 0.750. The van der Waals surface area contributed by atoms with E-state index in [1.54, 1.807) is 6.20 Å². The van der Waals surface area contributed by atoms with E-state index in [4.69, 9.17) is 0 Å². The first-order chi connectivity index (χ1) is 10.6. The number of imidazole rings is 1. The highest BCUT2D eigenvalue weighted by atomic mass is 16.3. The van der Waals surface area contributed by atoms with Crippen molar-refractivity contribution in [2.45, 2.75) is 50.8 Å². The zero-order chi connectivity index (χ0) is 15.7. The van der Waals surface area contributed by atoms with E-state index in [1.165, 1.54) is 0 Å². The smallest absolute Gasteiger partial charge is 0.237 e. The summed E-state index contributed by atoms with van der Waals surface area (Å²) in [5.74, 6) is 1.10. The first-order valence-electron chi connectivity index (χ1n) is 8.26. The molecule has 2 atom stereocenters. The summed E-state index contributed by atoms with van der Waals surface area (Å²) in [5.41, 5.74) is 0. The largest absolute Gasteiger partial charge is 0.385 e. The van der Waals surface area contributed by atoms with Crippen molar-refractivity contribution in [2.24, 2.45) is 13.0 Å². The second-order valence-corrected chi connectivity index (χ2v) is 6.67. The van der Waals surface area contributed by atoms with Gasteiger partial charge in [0.1, 0.15) is 11.9 Å². The molecule has 0 aromatic carbocycles. The number of carbonyl (C=O) groups is 1. The van der Waals surface area contributed by atoms with Crippen LogP contribution >= 0.6 is 0 Å². The number of hydrogen-bond donors (Lipinski definition) is 2. The lowest BCUT2D eigenvalue weighted by molar-refractivity contribution is -0.126. The van der Waals surface area contributed by atoms with Crippen molar-refractivity contribution >= 4 is 5.91 Å². The van der Waals surface area contributed by atoms with E-state index in [0.717, 1.165) is 44.6 Å². The maximum Gasteiger partial charge on any atom is 0.237 e. The second kappa shape index (κ2) is 6.38. The van der Waals surface area contributed by atoms with E-state index >= 15 is 0 Å². The number of hydrogen-bond acceptors (Lipinski definition) is 4. The molecule has 22 heavy (non-hydrogen) atoms. The Morgan fingerprint density at radius 3 is 2.59 bits per heavy atom. The number of aliphatic hydroxyl groups is 1. The van der Waals surface area contributed by atoms with Gasteiger partial charge in [0.25, 0.3) is 0 Å². The minimum atomic E-state index is -0.516. The number of nitrogens with zero attached hydrogens (tertiary/aromatic N) is 3. The van der Waals surface area contributed by atoms with Gasteiger partial charge in [-0.1, -0.05) is 0 Å². The third-order valence-electron chi connectivity index (χ3n) is 4.99. The highest BCUT2D eigenvalue weighted by Crippen LogP contribution is 2.30. The van der Waals surface area contributed by atoms with Crippen molar-refractivity contribution in [1.82, 2.24) is 19.8 Å². The Morgan fingerprint density at radius 1 is 1.36 bits per heavy atom. The molecule has 2 unspecified atom stereocenters. The summed E-state index contributed by atoms with van der Waals surface area (Å²) in [5, 5.41) is 13.6. The van der Waals surface area contributed by atoms with Crippen molar-refractivity contribution < 1.29 is 9.90 Å². The predicted molar refractivity (Wildman–Crippen MR) is 83.1 cm³/mol. The first-order valence-corrected chi connectivity index (χ1v) is 8.26. The summed E-state index contributed by atoms with van der Waals surface area (Å²) in [6.45, 7) is 3.68. The van der Waals surface area contributed by atoms with Crippen molar-refractivity contribution in [3.05, 3.63) is 18.2 Å². The van der Waals surface area contributed by atoms with Gasteiger partial charge in [0, 0.05) is 25.5 Å². The molecule has 3 rings (SSSR count). The molecule has 1 amide bonds. The number of aryl methyl sites for hydroxylation is 1. The van der Waals surface area contributed by atoms with Crippen molar-refractivity contribution in [3.8, 4) is 0 Å². The van der Waals surface area contributed by atoms with Crippen LogP contribution in [0, 0.1) is 5.92 Å². The Balaban J connectivity index is 1.51. The molecule has 2 N–H and O–H groups in total. The molecule has 1 aliphatic carbocycles. The van der Waals surface area contributed by atoms with Crippen LogP contribution in [0.25, 0.3) is 0 Å². The number of nitrogens with one attached hydrogen (secondary N) is 1. The highest BCUT2D eigenvalue weighted by Gasteiger charge is 2.33. The van der Waals surface area contributed by atoms with Gasteiger partial charge in [-0.2, -0.15) is 0 Å². The number of aliphatic hydroxyl groups excluding tert-OH is 1. The van der Waals surface area contributed by atoms with Crippen molar-refractivity contribution in [1.29, 1.82) is 0 Å². The molecule has 122 valence electrons. The monoisotopic (exact) mass is 306 g/mol. The van der Waals surface area contributed by atoms with Gasteiger partial charge in [0.2, 0.25) is 5.91 Å². The molecule has 0 radical (unpaired) electrons. The molecule has 1 saturated carbocycles. The Morgan fingerprint density at radius 2 is 2.05 bits per heavy atom. The van der Waals surface area contributed by atoms with Crippen LogP contribution in [0.3, 0.4) is 0 Å². The Labute approximate surface area is 131 Å². The Hall–Kier alpha value is -1.40. The fourth-order valence-electron chi connectivity index (χ4n) is 3.21. The third kappa shape index (κ3) is 3.33. The van der Waals surface area contributed by atoms with Crippen molar-refractivity contribution in [3.63, 3.8) is 0 Å². The number of piperidine rings is 1. The van der Waals surface area contributed by atoms with Crippen LogP contribution in [-0.2, 0) is 11.8 Å². The number of carbonyl (C=O) groups excluding carboxylic acids is 1. The minimum Gasteiger partial charge on any atom is -0.385 e. The van der Waals surface area contributed by atoms with E-state index < -0.39 is 6.10 Å². The van der Waals surface area contributed by atoms with Gasteiger partial charge in [-0.05, 0) is 51.6 Å². The summed E-state index contributed by atoms with van der Waals surface area (Å²) >= 11 is 0. The summed E-state index contributed by atoms with van der Waals surface area (Å²) in [7, 11) is 1.91. The topological polar surface area (TPSA) is 70.4 Å². The molecule has 6 heteroatoms. The fourth-order valence-corrected chi connectivity index (χ4v) is 3.21. The minimum absolute atomic E-state index is 0.0770. The normalized spacial score (nSPS) is 23.2. The van der Waals surface area contributed by atoms with Crippen LogP contribution in [0.15, 0.2) is 12.4 Å². The van der Waals surface area contributed by atoms with E-state index in [-0.39, 0.29) is 17.9 Å². The molecule has 2 heterocycles. The van der Waals surface area contributed by atoms with Crippen LogP contribution in [0.4, 0.5) is 0 Å². The molecular formula is C16H26N4O2. The molecule has 1 saturated heterocycles. The number of aromatic nitrogens is 2. The average molecular weight is 306 g/mol. The zero-order valence-corrected chi connectivity index (χ0v) is 13.4. The Bertz CT molecular complexity index is 518. The first kappa shape index (κ1) is 15.5. The van der Waals surface area contributed by atoms with Gasteiger partial charge in [-0.3, -0.25) is 9.69 Å². The molecule has 1 aromatic heterocycles. The maximum atomic E-state index is 12.1. The lowest BCUT2D eigenvalue weighted by Gasteiger charge is -2.36. The van der Waals surface area contributed by atoms with Gasteiger partial charge in [0.15, 0.2) is 0 Å². The van der Waals surface area contributed by atoms with Gasteiger partial charge < -0.3 is 15.0 Å². The molecule has 1 aromatic rings. The molecule has 2 fully saturated rings. The quantitative estimate of drug-likeness (QED) is 0.845. The summed E-state index contributed by atoms with van der Waals surface area (Å²) < 4.78 is 1.88.